The molecule has 1 spiro atoms. The molecule has 2 amide bonds. The lowest BCUT2D eigenvalue weighted by Crippen LogP contribution is -2.73. The molecular formula is C26H40ClN3O4. The fourth-order valence-electron chi connectivity index (χ4n) is 5.29. The summed E-state index contributed by atoms with van der Waals surface area (Å²) in [5, 5.41) is 3.11. The van der Waals surface area contributed by atoms with Gasteiger partial charge in [0.25, 0.3) is 0 Å². The van der Waals surface area contributed by atoms with Crippen LogP contribution in [0.5, 0.6) is 11.5 Å². The van der Waals surface area contributed by atoms with E-state index in [-0.39, 0.29) is 29.6 Å². The summed E-state index contributed by atoms with van der Waals surface area (Å²) in [6.45, 7) is 12.7. The summed E-state index contributed by atoms with van der Waals surface area (Å²) in [7, 11) is 0. The molecule has 1 aromatic carbocycles. The molecule has 34 heavy (non-hydrogen) atoms. The Morgan fingerprint density at radius 3 is 2.41 bits per heavy atom. The van der Waals surface area contributed by atoms with Crippen molar-refractivity contribution in [2.24, 2.45) is 5.41 Å². The van der Waals surface area contributed by atoms with E-state index in [1.165, 1.54) is 5.56 Å². The Morgan fingerprint density at radius 2 is 1.76 bits per heavy atom. The topological polar surface area (TPSA) is 71.1 Å². The number of rotatable bonds is 6. The van der Waals surface area contributed by atoms with Crippen LogP contribution in [0, 0.1) is 5.41 Å². The third kappa shape index (κ3) is 5.62. The number of hydrogen-bond donors (Lipinski definition) is 1. The summed E-state index contributed by atoms with van der Waals surface area (Å²) in [4.78, 5) is 31.3. The van der Waals surface area contributed by atoms with Gasteiger partial charge in [0.2, 0.25) is 11.8 Å². The smallest absolute Gasteiger partial charge is 0.246 e. The Balaban J connectivity index is 0.00000324. The molecule has 2 fully saturated rings. The minimum Gasteiger partial charge on any atom is -0.486 e. The zero-order chi connectivity index (χ0) is 23.6. The van der Waals surface area contributed by atoms with Crippen molar-refractivity contribution >= 4 is 24.2 Å². The second-order valence-corrected chi connectivity index (χ2v) is 10.9. The number of hydrogen-bond acceptors (Lipinski definition) is 5. The molecule has 190 valence electrons. The van der Waals surface area contributed by atoms with Gasteiger partial charge in [-0.25, -0.2) is 0 Å². The van der Waals surface area contributed by atoms with Crippen LogP contribution >= 0.6 is 12.4 Å². The number of fused-ring (bicyclic) bond motifs is 1. The van der Waals surface area contributed by atoms with Crippen LogP contribution < -0.4 is 14.8 Å². The highest BCUT2D eigenvalue weighted by Crippen LogP contribution is 2.36. The first-order chi connectivity index (χ1) is 15.7. The fourth-order valence-corrected chi connectivity index (χ4v) is 5.29. The number of nitrogens with one attached hydrogen (secondary N) is 1. The van der Waals surface area contributed by atoms with Gasteiger partial charge in [-0.2, -0.15) is 0 Å². The number of unbranched alkanes of at least 4 members (excludes halogenated alkanes) is 1. The predicted octanol–water partition coefficient (Wildman–Crippen LogP) is 3.78. The highest BCUT2D eigenvalue weighted by atomic mass is 35.5. The number of piperazine rings is 1. The Bertz CT molecular complexity index is 877. The van der Waals surface area contributed by atoms with Gasteiger partial charge in [0.05, 0.1) is 0 Å². The lowest BCUT2D eigenvalue weighted by Gasteiger charge is -2.52. The van der Waals surface area contributed by atoms with Crippen LogP contribution in [0.25, 0.3) is 0 Å². The fraction of sp³-hybridized carbons (Fsp3) is 0.692. The molecule has 1 N–H and O–H groups in total. The first-order valence-corrected chi connectivity index (χ1v) is 12.5. The molecule has 8 heteroatoms. The first kappa shape index (κ1) is 26.6. The Hall–Kier alpha value is -1.99. The average molecular weight is 494 g/mol. The van der Waals surface area contributed by atoms with Gasteiger partial charge in [-0.3, -0.25) is 14.5 Å². The van der Waals surface area contributed by atoms with E-state index < -0.39 is 11.6 Å². The van der Waals surface area contributed by atoms with E-state index in [1.54, 1.807) is 0 Å². The predicted molar refractivity (Wildman–Crippen MR) is 135 cm³/mol. The normalized spacial score (nSPS) is 22.4. The van der Waals surface area contributed by atoms with Crippen molar-refractivity contribution in [1.29, 1.82) is 0 Å². The summed E-state index contributed by atoms with van der Waals surface area (Å²) in [5.74, 6) is 1.74. The number of piperidine rings is 1. The quantitative estimate of drug-likeness (QED) is 0.653. The van der Waals surface area contributed by atoms with Crippen molar-refractivity contribution in [2.45, 2.75) is 77.9 Å². The van der Waals surface area contributed by atoms with E-state index in [0.29, 0.717) is 39.0 Å². The maximum Gasteiger partial charge on any atom is 0.246 e. The zero-order valence-electron chi connectivity index (χ0n) is 21.0. The second kappa shape index (κ2) is 10.7. The van der Waals surface area contributed by atoms with E-state index in [1.807, 2.05) is 11.0 Å². The average Bonchev–Trinajstić information content (AvgIpc) is 2.78. The Labute approximate surface area is 209 Å². The van der Waals surface area contributed by atoms with Crippen molar-refractivity contribution in [3.8, 4) is 11.5 Å². The van der Waals surface area contributed by atoms with Gasteiger partial charge in [-0.05, 0) is 48.8 Å². The van der Waals surface area contributed by atoms with Crippen molar-refractivity contribution in [3.63, 3.8) is 0 Å². The summed E-state index contributed by atoms with van der Waals surface area (Å²) >= 11 is 0. The number of likely N-dealkylation sites (tertiary alicyclic amines) is 1. The number of ether oxygens (including phenoxy) is 2. The first-order valence-electron chi connectivity index (χ1n) is 12.5. The van der Waals surface area contributed by atoms with E-state index in [4.69, 9.17) is 9.47 Å². The van der Waals surface area contributed by atoms with Crippen LogP contribution in [-0.4, -0.2) is 66.0 Å². The van der Waals surface area contributed by atoms with E-state index in [9.17, 15) is 9.59 Å². The van der Waals surface area contributed by atoms with Gasteiger partial charge >= 0.3 is 0 Å². The van der Waals surface area contributed by atoms with E-state index in [2.05, 4.69) is 50.0 Å². The van der Waals surface area contributed by atoms with Crippen LogP contribution in [-0.2, 0) is 16.1 Å². The third-order valence-electron chi connectivity index (χ3n) is 7.06. The number of carbonyl (C=O) groups is 2. The third-order valence-corrected chi connectivity index (χ3v) is 7.06. The number of benzene rings is 1. The molecule has 1 atom stereocenters. The minimum absolute atomic E-state index is 0. The molecule has 3 heterocycles. The maximum absolute atomic E-state index is 13.5. The molecule has 3 aliphatic rings. The number of nitrogens with zero attached hydrogens (tertiary/aromatic N) is 2. The molecule has 4 rings (SSSR count). The van der Waals surface area contributed by atoms with Gasteiger partial charge in [-0.1, -0.05) is 40.2 Å². The molecule has 3 aliphatic heterocycles. The van der Waals surface area contributed by atoms with Crippen LogP contribution in [0.15, 0.2) is 18.2 Å². The summed E-state index contributed by atoms with van der Waals surface area (Å²) in [5.41, 5.74) is 0.429. The number of amides is 2. The molecule has 1 aromatic rings. The molecule has 0 saturated carbocycles. The highest BCUT2D eigenvalue weighted by molar-refractivity contribution is 6.00. The molecule has 0 unspecified atom stereocenters. The SMILES string of the molecule is CCCCN1C(=O)[C@H](CC(C)(C)C)NC(=O)C12CCN(Cc1ccc3c(c1)OCCO3)CC2.Cl. The summed E-state index contributed by atoms with van der Waals surface area (Å²) in [6, 6.07) is 5.69. The molecule has 7 nitrogen and oxygen atoms in total. The van der Waals surface area contributed by atoms with Crippen LogP contribution in [0.3, 0.4) is 0 Å². The monoisotopic (exact) mass is 493 g/mol. The van der Waals surface area contributed by atoms with Gasteiger partial charge in [0.15, 0.2) is 11.5 Å². The lowest BCUT2D eigenvalue weighted by atomic mass is 9.79. The van der Waals surface area contributed by atoms with Crippen molar-refractivity contribution in [2.75, 3.05) is 32.8 Å². The maximum atomic E-state index is 13.5. The molecule has 0 aliphatic carbocycles. The van der Waals surface area contributed by atoms with Crippen molar-refractivity contribution < 1.29 is 19.1 Å². The van der Waals surface area contributed by atoms with Crippen molar-refractivity contribution in [1.82, 2.24) is 15.1 Å². The Morgan fingerprint density at radius 1 is 1.09 bits per heavy atom. The summed E-state index contributed by atoms with van der Waals surface area (Å²) < 4.78 is 11.4. The lowest BCUT2D eigenvalue weighted by molar-refractivity contribution is -0.162. The van der Waals surface area contributed by atoms with Gasteiger partial charge in [0, 0.05) is 26.2 Å². The second-order valence-electron chi connectivity index (χ2n) is 10.9. The number of carbonyl (C=O) groups excluding carboxylic acids is 2. The van der Waals surface area contributed by atoms with Crippen LogP contribution in [0.4, 0.5) is 0 Å². The molecular weight excluding hydrogens is 454 g/mol. The molecule has 0 radical (unpaired) electrons. The molecule has 0 bridgehead atoms. The van der Waals surface area contributed by atoms with Gasteiger partial charge in [0.1, 0.15) is 24.8 Å². The van der Waals surface area contributed by atoms with Gasteiger partial charge < -0.3 is 19.7 Å². The van der Waals surface area contributed by atoms with Gasteiger partial charge in [-0.15, -0.1) is 12.4 Å². The van der Waals surface area contributed by atoms with E-state index >= 15 is 0 Å². The summed E-state index contributed by atoms with van der Waals surface area (Å²) in [6.07, 6.45) is 3.92. The highest BCUT2D eigenvalue weighted by Gasteiger charge is 2.53. The Kier molecular flexibility index (Phi) is 8.40. The van der Waals surface area contributed by atoms with E-state index in [0.717, 1.165) is 44.0 Å². The zero-order valence-corrected chi connectivity index (χ0v) is 21.8. The minimum atomic E-state index is -0.718. The van der Waals surface area contributed by atoms with Crippen LogP contribution in [0.2, 0.25) is 0 Å². The standard InChI is InChI=1S/C26H39N3O4.ClH/c1-5-6-11-29-23(30)20(17-25(2,3)4)27-24(31)26(29)9-12-28(13-10-26)18-19-7-8-21-22(16-19)33-15-14-32-21;/h7-8,16,20H,5-6,9-15,17-18H2,1-4H3,(H,27,31);1H/t20-;/m0./s1. The number of halogens is 1. The van der Waals surface area contributed by atoms with Crippen LogP contribution in [0.1, 0.15) is 65.4 Å². The largest absolute Gasteiger partial charge is 0.486 e. The molecule has 2 saturated heterocycles. The molecule has 0 aromatic heterocycles. The van der Waals surface area contributed by atoms with Crippen molar-refractivity contribution in [3.05, 3.63) is 23.8 Å².